The van der Waals surface area contributed by atoms with Crippen molar-refractivity contribution < 1.29 is 18.3 Å². The van der Waals surface area contributed by atoms with E-state index in [1.807, 2.05) is 4.90 Å². The maximum absolute atomic E-state index is 12.3. The second-order valence-electron chi connectivity index (χ2n) is 5.12. The summed E-state index contributed by atoms with van der Waals surface area (Å²) in [7, 11) is -0.503. The molecule has 0 aromatic heterocycles. The van der Waals surface area contributed by atoms with E-state index in [4.69, 9.17) is 5.11 Å². The second-order valence-corrected chi connectivity index (χ2v) is 7.24. The average molecular weight is 298 g/mol. The van der Waals surface area contributed by atoms with Crippen LogP contribution in [0, 0.1) is 5.92 Å². The highest BCUT2D eigenvalue weighted by molar-refractivity contribution is 7.89. The van der Waals surface area contributed by atoms with E-state index in [-0.39, 0.29) is 17.2 Å². The molecule has 0 atom stereocenters. The normalized spacial score (nSPS) is 16.2. The number of hydrogen-bond donors (Lipinski definition) is 1. The Morgan fingerprint density at radius 3 is 2.50 bits per heavy atom. The lowest BCUT2D eigenvalue weighted by Gasteiger charge is -2.41. The molecule has 0 amide bonds. The Kier molecular flexibility index (Phi) is 4.01. The fraction of sp³-hybridized carbons (Fsp3) is 0.462. The van der Waals surface area contributed by atoms with Crippen LogP contribution >= 0.6 is 0 Å². The van der Waals surface area contributed by atoms with Crippen LogP contribution in [0.1, 0.15) is 6.42 Å². The molecular formula is C13H18N2O4S. The predicted molar refractivity (Wildman–Crippen MR) is 75.3 cm³/mol. The van der Waals surface area contributed by atoms with Crippen molar-refractivity contribution in [2.75, 3.05) is 32.1 Å². The number of carboxylic acids is 1. The van der Waals surface area contributed by atoms with E-state index < -0.39 is 16.0 Å². The minimum Gasteiger partial charge on any atom is -0.481 e. The monoisotopic (exact) mass is 298 g/mol. The van der Waals surface area contributed by atoms with Crippen molar-refractivity contribution in [1.29, 1.82) is 0 Å². The number of benzene rings is 1. The fourth-order valence-corrected chi connectivity index (χ4v) is 3.38. The Balaban J connectivity index is 2.21. The number of carboxylic acid groups (broad SMARTS) is 1. The van der Waals surface area contributed by atoms with Gasteiger partial charge in [-0.05, 0) is 12.1 Å². The standard InChI is InChI=1S/C13H18N2O4S/c1-14(2)20(18,19)12-6-4-3-5-11(12)15-8-10(9-15)7-13(16)17/h3-6,10H,7-9H2,1-2H3,(H,16,17). The van der Waals surface area contributed by atoms with Gasteiger partial charge in [-0.2, -0.15) is 0 Å². The number of carbonyl (C=O) groups is 1. The van der Waals surface area contributed by atoms with Crippen molar-refractivity contribution in [2.24, 2.45) is 5.92 Å². The Labute approximate surface area is 118 Å². The molecule has 1 heterocycles. The van der Waals surface area contributed by atoms with Crippen LogP contribution in [0.15, 0.2) is 29.2 Å². The van der Waals surface area contributed by atoms with E-state index in [0.717, 1.165) is 0 Å². The third kappa shape index (κ3) is 2.78. The van der Waals surface area contributed by atoms with Crippen molar-refractivity contribution in [3.05, 3.63) is 24.3 Å². The van der Waals surface area contributed by atoms with Crippen LogP contribution in [0.3, 0.4) is 0 Å². The molecule has 1 aliphatic heterocycles. The van der Waals surface area contributed by atoms with Crippen molar-refractivity contribution in [2.45, 2.75) is 11.3 Å². The van der Waals surface area contributed by atoms with E-state index in [1.165, 1.54) is 18.4 Å². The van der Waals surface area contributed by atoms with E-state index in [2.05, 4.69) is 0 Å². The molecule has 0 bridgehead atoms. The minimum atomic E-state index is -3.49. The smallest absolute Gasteiger partial charge is 0.303 e. The number of nitrogens with zero attached hydrogens (tertiary/aromatic N) is 2. The van der Waals surface area contributed by atoms with Gasteiger partial charge in [0.2, 0.25) is 10.0 Å². The van der Waals surface area contributed by atoms with E-state index in [1.54, 1.807) is 24.3 Å². The van der Waals surface area contributed by atoms with E-state index in [0.29, 0.717) is 18.8 Å². The zero-order valence-corrected chi connectivity index (χ0v) is 12.3. The van der Waals surface area contributed by atoms with Gasteiger partial charge in [-0.3, -0.25) is 4.79 Å². The molecule has 0 saturated carbocycles. The maximum atomic E-state index is 12.3. The molecule has 20 heavy (non-hydrogen) atoms. The van der Waals surface area contributed by atoms with Gasteiger partial charge in [-0.15, -0.1) is 0 Å². The molecule has 0 aliphatic carbocycles. The molecule has 2 rings (SSSR count). The average Bonchev–Trinajstić information content (AvgIpc) is 2.33. The number of sulfonamides is 1. The van der Waals surface area contributed by atoms with E-state index in [9.17, 15) is 13.2 Å². The summed E-state index contributed by atoms with van der Waals surface area (Å²) in [6.07, 6.45) is 0.124. The summed E-state index contributed by atoms with van der Waals surface area (Å²) in [5.41, 5.74) is 0.642. The Morgan fingerprint density at radius 2 is 1.95 bits per heavy atom. The molecule has 1 aliphatic rings. The highest BCUT2D eigenvalue weighted by Gasteiger charge is 2.32. The lowest BCUT2D eigenvalue weighted by Crippen LogP contribution is -2.48. The number of hydrogen-bond acceptors (Lipinski definition) is 4. The van der Waals surface area contributed by atoms with Gasteiger partial charge in [-0.1, -0.05) is 12.1 Å². The molecule has 1 aromatic rings. The first-order valence-electron chi connectivity index (χ1n) is 6.30. The molecule has 1 fully saturated rings. The fourth-order valence-electron chi connectivity index (χ4n) is 2.28. The predicted octanol–water partition coefficient (Wildman–Crippen LogP) is 0.848. The van der Waals surface area contributed by atoms with Crippen LogP contribution in [0.25, 0.3) is 0 Å². The molecule has 7 heteroatoms. The number of aliphatic carboxylic acids is 1. The van der Waals surface area contributed by atoms with Gasteiger partial charge >= 0.3 is 5.97 Å². The zero-order valence-electron chi connectivity index (χ0n) is 11.5. The quantitative estimate of drug-likeness (QED) is 0.872. The van der Waals surface area contributed by atoms with Gasteiger partial charge in [0.25, 0.3) is 0 Å². The van der Waals surface area contributed by atoms with Crippen LogP contribution in [-0.2, 0) is 14.8 Å². The van der Waals surface area contributed by atoms with Crippen molar-refractivity contribution in [3.63, 3.8) is 0 Å². The highest BCUT2D eigenvalue weighted by Crippen LogP contribution is 2.32. The van der Waals surface area contributed by atoms with Crippen LogP contribution < -0.4 is 4.90 Å². The van der Waals surface area contributed by atoms with Crippen molar-refractivity contribution >= 4 is 21.7 Å². The summed E-state index contributed by atoms with van der Waals surface area (Å²) in [6, 6.07) is 6.81. The summed E-state index contributed by atoms with van der Waals surface area (Å²) in [5.74, 6) is -0.730. The third-order valence-corrected chi connectivity index (χ3v) is 5.25. The van der Waals surface area contributed by atoms with Gasteiger partial charge in [-0.25, -0.2) is 12.7 Å². The van der Waals surface area contributed by atoms with Gasteiger partial charge < -0.3 is 10.0 Å². The molecule has 6 nitrogen and oxygen atoms in total. The molecular weight excluding hydrogens is 280 g/mol. The topological polar surface area (TPSA) is 77.9 Å². The minimum absolute atomic E-state index is 0.0858. The molecule has 110 valence electrons. The van der Waals surface area contributed by atoms with Crippen molar-refractivity contribution in [3.8, 4) is 0 Å². The Hall–Kier alpha value is -1.60. The van der Waals surface area contributed by atoms with Gasteiger partial charge in [0.05, 0.1) is 12.1 Å². The van der Waals surface area contributed by atoms with Crippen LogP contribution in [0.4, 0.5) is 5.69 Å². The SMILES string of the molecule is CN(C)S(=O)(=O)c1ccccc1N1CC(CC(=O)O)C1. The van der Waals surface area contributed by atoms with Gasteiger partial charge in [0.15, 0.2) is 0 Å². The van der Waals surface area contributed by atoms with E-state index >= 15 is 0 Å². The molecule has 0 unspecified atom stereocenters. The molecule has 1 saturated heterocycles. The van der Waals surface area contributed by atoms with Crippen LogP contribution in [-0.4, -0.2) is 51.0 Å². The largest absolute Gasteiger partial charge is 0.481 e. The molecule has 0 spiro atoms. The highest BCUT2D eigenvalue weighted by atomic mass is 32.2. The molecule has 1 N–H and O–H groups in total. The second kappa shape index (κ2) is 5.41. The summed E-state index contributed by atoms with van der Waals surface area (Å²) in [5, 5.41) is 8.74. The summed E-state index contributed by atoms with van der Waals surface area (Å²) in [4.78, 5) is 12.8. The zero-order chi connectivity index (χ0) is 14.9. The number of para-hydroxylation sites is 1. The first-order valence-corrected chi connectivity index (χ1v) is 7.74. The summed E-state index contributed by atoms with van der Waals surface area (Å²) in [6.45, 7) is 1.15. The first-order chi connectivity index (χ1) is 9.32. The first kappa shape index (κ1) is 14.8. The lowest BCUT2D eigenvalue weighted by molar-refractivity contribution is -0.138. The Bertz CT molecular complexity index is 607. The number of rotatable bonds is 5. The summed E-state index contributed by atoms with van der Waals surface area (Å²) >= 11 is 0. The van der Waals surface area contributed by atoms with Crippen LogP contribution in [0.2, 0.25) is 0 Å². The third-order valence-electron chi connectivity index (χ3n) is 3.39. The van der Waals surface area contributed by atoms with Crippen molar-refractivity contribution in [1.82, 2.24) is 4.31 Å². The van der Waals surface area contributed by atoms with Gasteiger partial charge in [0.1, 0.15) is 4.90 Å². The van der Waals surface area contributed by atoms with Crippen LogP contribution in [0.5, 0.6) is 0 Å². The van der Waals surface area contributed by atoms with Gasteiger partial charge in [0, 0.05) is 33.1 Å². The number of anilines is 1. The maximum Gasteiger partial charge on any atom is 0.303 e. The molecule has 0 radical (unpaired) electrons. The lowest BCUT2D eigenvalue weighted by atomic mass is 9.96. The Morgan fingerprint density at radius 1 is 1.35 bits per heavy atom. The summed E-state index contributed by atoms with van der Waals surface area (Å²) < 4.78 is 25.7. The molecule has 1 aromatic carbocycles.